The van der Waals surface area contributed by atoms with Crippen LogP contribution in [0.3, 0.4) is 0 Å². The van der Waals surface area contributed by atoms with Crippen LogP contribution in [0.25, 0.3) is 0 Å². The van der Waals surface area contributed by atoms with Crippen molar-refractivity contribution in [3.05, 3.63) is 45.1 Å². The lowest BCUT2D eigenvalue weighted by atomic mass is 10.1. The largest absolute Gasteiger partial charge is 0.379 e. The first kappa shape index (κ1) is 14.1. The van der Waals surface area contributed by atoms with Gasteiger partial charge in [-0.05, 0) is 17.2 Å². The molecule has 0 saturated carbocycles. The van der Waals surface area contributed by atoms with E-state index in [1.165, 1.54) is 12.3 Å². The first-order valence-electron chi connectivity index (χ1n) is 5.65. The van der Waals surface area contributed by atoms with Gasteiger partial charge in [0.15, 0.2) is 0 Å². The second-order valence-electron chi connectivity index (χ2n) is 4.00. The van der Waals surface area contributed by atoms with Gasteiger partial charge >= 0.3 is 0 Å². The number of aryl methyl sites for hydroxylation is 1. The third-order valence-corrected chi connectivity index (χ3v) is 2.54. The van der Waals surface area contributed by atoms with Gasteiger partial charge in [-0.2, -0.15) is 5.10 Å². The number of nitrogens with zero attached hydrogens (tertiary/aromatic N) is 4. The van der Waals surface area contributed by atoms with E-state index in [9.17, 15) is 14.9 Å². The zero-order chi connectivity index (χ0) is 15.4. The van der Waals surface area contributed by atoms with Crippen molar-refractivity contribution in [2.75, 3.05) is 5.73 Å². The van der Waals surface area contributed by atoms with Crippen molar-refractivity contribution in [3.8, 4) is 0 Å². The molecule has 0 fully saturated rings. The third kappa shape index (κ3) is 3.18. The molecule has 0 spiro atoms. The van der Waals surface area contributed by atoms with Crippen molar-refractivity contribution in [2.24, 2.45) is 5.10 Å². The smallest absolute Gasteiger partial charge is 0.297 e. The number of carbonyl (C=O) groups excluding carboxylic acids is 1. The van der Waals surface area contributed by atoms with Crippen LogP contribution in [0.4, 0.5) is 11.5 Å². The average molecular weight is 290 g/mol. The van der Waals surface area contributed by atoms with Crippen LogP contribution in [-0.4, -0.2) is 27.4 Å². The summed E-state index contributed by atoms with van der Waals surface area (Å²) >= 11 is 0. The minimum atomic E-state index is -0.702. The van der Waals surface area contributed by atoms with Crippen LogP contribution < -0.4 is 11.2 Å². The van der Waals surface area contributed by atoms with Gasteiger partial charge in [0.2, 0.25) is 11.5 Å². The Balaban J connectivity index is 2.08. The van der Waals surface area contributed by atoms with Gasteiger partial charge in [0.25, 0.3) is 11.6 Å². The van der Waals surface area contributed by atoms with Crippen LogP contribution in [0.5, 0.6) is 0 Å². The highest BCUT2D eigenvalue weighted by Gasteiger charge is 2.15. The van der Waals surface area contributed by atoms with E-state index in [4.69, 9.17) is 5.73 Å². The van der Waals surface area contributed by atoms with E-state index in [0.29, 0.717) is 11.1 Å². The molecule has 21 heavy (non-hydrogen) atoms. The molecule has 2 rings (SSSR count). The second kappa shape index (κ2) is 5.77. The van der Waals surface area contributed by atoms with E-state index in [0.717, 1.165) is 0 Å². The molecule has 1 amide bonds. The number of nitro groups is 1. The Labute approximate surface area is 117 Å². The summed E-state index contributed by atoms with van der Waals surface area (Å²) in [6, 6.07) is 4.56. The predicted molar refractivity (Wildman–Crippen MR) is 71.6 cm³/mol. The number of nitrogens with one attached hydrogen (secondary N) is 1. The molecule has 0 aliphatic carbocycles. The molecule has 0 unspecified atom stereocenters. The number of hydrazone groups is 1. The Kier molecular flexibility index (Phi) is 3.88. The first-order chi connectivity index (χ1) is 9.99. The van der Waals surface area contributed by atoms with Crippen LogP contribution in [0.2, 0.25) is 0 Å². The van der Waals surface area contributed by atoms with Crippen LogP contribution in [0.15, 0.2) is 27.9 Å². The molecule has 0 aliphatic heterocycles. The van der Waals surface area contributed by atoms with Crippen molar-refractivity contribution in [1.29, 1.82) is 0 Å². The van der Waals surface area contributed by atoms with Crippen molar-refractivity contribution in [1.82, 2.24) is 15.7 Å². The number of amides is 1. The molecule has 0 radical (unpaired) electrons. The van der Waals surface area contributed by atoms with Gasteiger partial charge < -0.3 is 5.73 Å². The zero-order valence-electron chi connectivity index (χ0n) is 10.8. The molecule has 0 bridgehead atoms. The summed E-state index contributed by atoms with van der Waals surface area (Å²) < 4.78 is 4.27. The zero-order valence-corrected chi connectivity index (χ0v) is 10.8. The van der Waals surface area contributed by atoms with Crippen molar-refractivity contribution in [3.63, 3.8) is 0 Å². The fraction of sp³-hybridized carbons (Fsp3) is 0.0909. The van der Waals surface area contributed by atoms with Gasteiger partial charge in [-0.1, -0.05) is 12.1 Å². The van der Waals surface area contributed by atoms with E-state index < -0.39 is 10.8 Å². The second-order valence-corrected chi connectivity index (χ2v) is 4.00. The van der Waals surface area contributed by atoms with Gasteiger partial charge in [-0.15, -0.1) is 0 Å². The van der Waals surface area contributed by atoms with Crippen LogP contribution in [-0.2, 0) is 0 Å². The number of nitro benzene ring substituents is 1. The molecule has 10 heteroatoms. The topological polar surface area (TPSA) is 150 Å². The molecular weight excluding hydrogens is 280 g/mol. The number of rotatable bonds is 4. The monoisotopic (exact) mass is 290 g/mol. The quantitative estimate of drug-likeness (QED) is 0.476. The lowest BCUT2D eigenvalue weighted by molar-refractivity contribution is -0.385. The predicted octanol–water partition coefficient (Wildman–Crippen LogP) is 0.632. The van der Waals surface area contributed by atoms with Crippen molar-refractivity contribution in [2.45, 2.75) is 6.92 Å². The number of hydrogen-bond donors (Lipinski definition) is 2. The molecule has 0 saturated heterocycles. The average Bonchev–Trinajstić information content (AvgIpc) is 2.86. The number of aromatic nitrogens is 2. The summed E-state index contributed by atoms with van der Waals surface area (Å²) in [5, 5.41) is 21.0. The third-order valence-electron chi connectivity index (χ3n) is 2.54. The van der Waals surface area contributed by atoms with Crippen LogP contribution in [0, 0.1) is 17.0 Å². The first-order valence-corrected chi connectivity index (χ1v) is 5.65. The Morgan fingerprint density at radius 3 is 2.90 bits per heavy atom. The Hall–Kier alpha value is -3.30. The fourth-order valence-corrected chi connectivity index (χ4v) is 1.47. The molecule has 108 valence electrons. The molecule has 1 aromatic heterocycles. The molecule has 2 aromatic rings. The molecular formula is C11H10N6O4. The highest BCUT2D eigenvalue weighted by Crippen LogP contribution is 2.18. The van der Waals surface area contributed by atoms with Gasteiger partial charge in [0, 0.05) is 17.2 Å². The molecule has 0 atom stereocenters. The summed E-state index contributed by atoms with van der Waals surface area (Å²) in [4.78, 5) is 21.9. The maximum Gasteiger partial charge on any atom is 0.297 e. The number of nitrogen functional groups attached to an aromatic ring is 1. The minimum Gasteiger partial charge on any atom is -0.379 e. The fourth-order valence-electron chi connectivity index (χ4n) is 1.47. The molecule has 1 heterocycles. The van der Waals surface area contributed by atoms with Gasteiger partial charge in [-0.3, -0.25) is 14.9 Å². The van der Waals surface area contributed by atoms with E-state index in [2.05, 4.69) is 25.5 Å². The lowest BCUT2D eigenvalue weighted by Crippen LogP contribution is -2.19. The van der Waals surface area contributed by atoms with Crippen LogP contribution in [0.1, 0.15) is 21.6 Å². The van der Waals surface area contributed by atoms with E-state index >= 15 is 0 Å². The van der Waals surface area contributed by atoms with E-state index in [-0.39, 0.29) is 17.2 Å². The molecule has 1 aromatic carbocycles. The number of hydrogen-bond acceptors (Lipinski definition) is 8. The minimum absolute atomic E-state index is 0.0322. The number of nitrogens with two attached hydrogens (primary N) is 1. The summed E-state index contributed by atoms with van der Waals surface area (Å²) in [6.45, 7) is 1.63. The van der Waals surface area contributed by atoms with Crippen molar-refractivity contribution < 1.29 is 14.3 Å². The van der Waals surface area contributed by atoms with Crippen molar-refractivity contribution >= 4 is 23.6 Å². The van der Waals surface area contributed by atoms with Crippen LogP contribution >= 0.6 is 0 Å². The summed E-state index contributed by atoms with van der Waals surface area (Å²) in [5.41, 5.74) is 8.26. The highest BCUT2D eigenvalue weighted by molar-refractivity contribution is 5.96. The Morgan fingerprint density at radius 2 is 2.29 bits per heavy atom. The molecule has 3 N–H and O–H groups in total. The number of carbonyl (C=O) groups is 1. The number of benzene rings is 1. The Bertz CT molecular complexity index is 723. The SMILES string of the molecule is Cc1ccc(/C=N\NC(=O)c2nonc2N)cc1[N+](=O)[O-]. The Morgan fingerprint density at radius 1 is 1.52 bits per heavy atom. The summed E-state index contributed by atoms with van der Waals surface area (Å²) in [5.74, 6) is -0.861. The highest BCUT2D eigenvalue weighted by atomic mass is 16.6. The summed E-state index contributed by atoms with van der Waals surface area (Å²) in [7, 11) is 0. The maximum absolute atomic E-state index is 11.6. The molecule has 10 nitrogen and oxygen atoms in total. The molecule has 0 aliphatic rings. The van der Waals surface area contributed by atoms with E-state index in [1.54, 1.807) is 19.1 Å². The maximum atomic E-state index is 11.6. The standard InChI is InChI=1S/C11H10N6O4/c1-6-2-3-7(4-8(6)17(19)20)5-13-14-11(18)9-10(12)16-21-15-9/h2-5H,1H3,(H2,12,16)(H,14,18)/b13-5-. The van der Waals surface area contributed by atoms with Gasteiger partial charge in [-0.25, -0.2) is 10.1 Å². The van der Waals surface area contributed by atoms with Gasteiger partial charge in [0.05, 0.1) is 11.1 Å². The van der Waals surface area contributed by atoms with E-state index in [1.807, 2.05) is 0 Å². The number of anilines is 1. The van der Waals surface area contributed by atoms with Gasteiger partial charge in [0.1, 0.15) is 0 Å². The normalized spacial score (nSPS) is 10.7. The lowest BCUT2D eigenvalue weighted by Gasteiger charge is -1.98. The summed E-state index contributed by atoms with van der Waals surface area (Å²) in [6.07, 6.45) is 1.26.